The van der Waals surface area contributed by atoms with Gasteiger partial charge in [-0.3, -0.25) is 9.52 Å². The molecule has 0 bridgehead atoms. The molecular weight excluding hydrogens is 450 g/mol. The lowest BCUT2D eigenvalue weighted by Gasteiger charge is -2.07. The fraction of sp³-hybridized carbons (Fsp3) is 0.0800. The first-order valence-electron chi connectivity index (χ1n) is 10.3. The Labute approximate surface area is 199 Å². The average Bonchev–Trinajstić information content (AvgIpc) is 2.84. The Hall–Kier alpha value is -4.24. The Bertz CT molecular complexity index is 1300. The summed E-state index contributed by atoms with van der Waals surface area (Å²) in [5, 5.41) is 2.78. The minimum Gasteiger partial charge on any atom is -0.399 e. The van der Waals surface area contributed by atoms with Gasteiger partial charge in [0.15, 0.2) is 5.82 Å². The van der Waals surface area contributed by atoms with E-state index in [0.717, 1.165) is 23.1 Å². The lowest BCUT2D eigenvalue weighted by atomic mass is 10.2. The van der Waals surface area contributed by atoms with Crippen molar-refractivity contribution in [1.82, 2.24) is 15.3 Å². The molecule has 3 aromatic carbocycles. The molecule has 1 heterocycles. The molecular formula is C25H25N5O3S. The molecule has 1 amide bonds. The first kappa shape index (κ1) is 24.4. The minimum atomic E-state index is -3.31. The van der Waals surface area contributed by atoms with Crippen molar-refractivity contribution in [3.8, 4) is 11.4 Å². The fourth-order valence-corrected chi connectivity index (χ4v) is 3.39. The topological polar surface area (TPSA) is 127 Å². The summed E-state index contributed by atoms with van der Waals surface area (Å²) >= 11 is 0. The smallest absolute Gasteiger partial charge is 0.254 e. The molecule has 34 heavy (non-hydrogen) atoms. The Morgan fingerprint density at radius 2 is 1.41 bits per heavy atom. The van der Waals surface area contributed by atoms with Crippen LogP contribution in [0, 0.1) is 0 Å². The first-order chi connectivity index (χ1) is 16.3. The van der Waals surface area contributed by atoms with E-state index in [9.17, 15) is 13.2 Å². The van der Waals surface area contributed by atoms with Crippen LogP contribution in [0.25, 0.3) is 11.4 Å². The highest BCUT2D eigenvalue weighted by Gasteiger charge is 2.08. The molecule has 0 saturated heterocycles. The minimum absolute atomic E-state index is 0.284. The number of para-hydroxylation sites is 1. The van der Waals surface area contributed by atoms with Gasteiger partial charge < -0.3 is 11.1 Å². The third kappa shape index (κ3) is 8.03. The summed E-state index contributed by atoms with van der Waals surface area (Å²) in [4.78, 5) is 20.7. The fourth-order valence-electron chi connectivity index (χ4n) is 2.82. The number of amides is 1. The predicted molar refractivity (Wildman–Crippen MR) is 134 cm³/mol. The number of hydrogen-bond acceptors (Lipinski definition) is 6. The van der Waals surface area contributed by atoms with Crippen molar-refractivity contribution in [3.63, 3.8) is 0 Å². The molecule has 0 aliphatic carbocycles. The lowest BCUT2D eigenvalue weighted by molar-refractivity contribution is 0.0950. The number of nitrogen functional groups attached to an aromatic ring is 1. The van der Waals surface area contributed by atoms with Crippen LogP contribution >= 0.6 is 0 Å². The second-order valence-electron chi connectivity index (χ2n) is 7.33. The molecule has 1 aromatic heterocycles. The van der Waals surface area contributed by atoms with Crippen LogP contribution in [-0.2, 0) is 16.6 Å². The molecule has 4 aromatic rings. The van der Waals surface area contributed by atoms with Crippen molar-refractivity contribution in [1.29, 1.82) is 0 Å². The van der Waals surface area contributed by atoms with Gasteiger partial charge in [-0.05, 0) is 29.8 Å². The summed E-state index contributed by atoms with van der Waals surface area (Å²) in [6.07, 6.45) is 4.07. The van der Waals surface area contributed by atoms with E-state index in [1.807, 2.05) is 60.7 Å². The second-order valence-corrected chi connectivity index (χ2v) is 9.07. The molecule has 0 radical (unpaired) electrons. The first-order valence-corrected chi connectivity index (χ1v) is 12.2. The number of rotatable bonds is 6. The van der Waals surface area contributed by atoms with Crippen LogP contribution in [-0.4, -0.2) is 30.5 Å². The van der Waals surface area contributed by atoms with Gasteiger partial charge in [-0.15, -0.1) is 0 Å². The maximum absolute atomic E-state index is 12.2. The molecule has 0 atom stereocenters. The van der Waals surface area contributed by atoms with Crippen LogP contribution in [0.1, 0.15) is 15.9 Å². The number of sulfonamides is 1. The Balaban J connectivity index is 0.000000396. The van der Waals surface area contributed by atoms with E-state index >= 15 is 0 Å². The summed E-state index contributed by atoms with van der Waals surface area (Å²) in [6, 6.07) is 25.8. The molecule has 0 spiro atoms. The van der Waals surface area contributed by atoms with E-state index in [0.29, 0.717) is 23.6 Å². The number of nitrogens with two attached hydrogens (primary N) is 1. The van der Waals surface area contributed by atoms with Gasteiger partial charge in [0.1, 0.15) is 0 Å². The van der Waals surface area contributed by atoms with Crippen molar-refractivity contribution >= 4 is 27.3 Å². The summed E-state index contributed by atoms with van der Waals surface area (Å²) in [5.41, 5.74) is 8.73. The Kier molecular flexibility index (Phi) is 8.31. The number of aromatic nitrogens is 2. The van der Waals surface area contributed by atoms with Gasteiger partial charge in [0, 0.05) is 35.9 Å². The summed E-state index contributed by atoms with van der Waals surface area (Å²) in [7, 11) is -3.31. The van der Waals surface area contributed by atoms with Gasteiger partial charge in [-0.1, -0.05) is 60.7 Å². The van der Waals surface area contributed by atoms with Gasteiger partial charge in [-0.25, -0.2) is 18.4 Å². The molecule has 4 rings (SSSR count). The Morgan fingerprint density at radius 1 is 0.853 bits per heavy atom. The van der Waals surface area contributed by atoms with E-state index < -0.39 is 10.0 Å². The molecule has 0 saturated carbocycles. The lowest BCUT2D eigenvalue weighted by Crippen LogP contribution is -2.23. The summed E-state index contributed by atoms with van der Waals surface area (Å²) in [6.45, 7) is 0.304. The highest BCUT2D eigenvalue weighted by atomic mass is 32.2. The number of carbonyl (C=O) groups is 1. The Morgan fingerprint density at radius 3 is 1.91 bits per heavy atom. The standard InChI is InChI=1S/C19H18N4O3S.C6H7N/c1-27(25,26)23-17-9-7-14(8-10-17)11-22-19(24)16-12-20-18(21-13-16)15-5-3-2-4-6-15;7-6-4-2-1-3-5-6/h2-10,12-13,23H,11H2,1H3,(H,22,24);1-5H,7H2. The zero-order valence-electron chi connectivity index (χ0n) is 18.5. The monoisotopic (exact) mass is 475 g/mol. The highest BCUT2D eigenvalue weighted by molar-refractivity contribution is 7.92. The van der Waals surface area contributed by atoms with Gasteiger partial charge in [0.2, 0.25) is 10.0 Å². The zero-order valence-corrected chi connectivity index (χ0v) is 19.4. The number of nitrogens with one attached hydrogen (secondary N) is 2. The van der Waals surface area contributed by atoms with Crippen LogP contribution < -0.4 is 15.8 Å². The normalized spacial score (nSPS) is 10.5. The van der Waals surface area contributed by atoms with E-state index in [1.54, 1.807) is 24.3 Å². The van der Waals surface area contributed by atoms with Gasteiger partial charge in [0.25, 0.3) is 5.91 Å². The quantitative estimate of drug-likeness (QED) is 0.365. The number of benzene rings is 3. The summed E-state index contributed by atoms with van der Waals surface area (Å²) in [5.74, 6) is 0.272. The molecule has 8 nitrogen and oxygen atoms in total. The van der Waals surface area contributed by atoms with Crippen LogP contribution in [0.4, 0.5) is 11.4 Å². The largest absolute Gasteiger partial charge is 0.399 e. The molecule has 0 aliphatic heterocycles. The van der Waals surface area contributed by atoms with Crippen molar-refractivity contribution in [3.05, 3.63) is 108 Å². The van der Waals surface area contributed by atoms with Crippen molar-refractivity contribution in [2.24, 2.45) is 0 Å². The van der Waals surface area contributed by atoms with Crippen molar-refractivity contribution in [2.45, 2.75) is 6.54 Å². The molecule has 4 N–H and O–H groups in total. The SMILES string of the molecule is CS(=O)(=O)Nc1ccc(CNC(=O)c2cnc(-c3ccccc3)nc2)cc1.Nc1ccccc1. The molecule has 9 heteroatoms. The number of anilines is 2. The van der Waals surface area contributed by atoms with Gasteiger partial charge in [0.05, 0.1) is 11.8 Å². The molecule has 0 aliphatic rings. The number of carbonyl (C=O) groups excluding carboxylic acids is 1. The van der Waals surface area contributed by atoms with E-state index in [2.05, 4.69) is 20.0 Å². The van der Waals surface area contributed by atoms with E-state index in [1.165, 1.54) is 12.4 Å². The van der Waals surface area contributed by atoms with Crippen molar-refractivity contribution in [2.75, 3.05) is 16.7 Å². The van der Waals surface area contributed by atoms with E-state index in [4.69, 9.17) is 5.73 Å². The molecule has 0 unspecified atom stereocenters. The second kappa shape index (κ2) is 11.6. The van der Waals surface area contributed by atoms with Crippen LogP contribution in [0.15, 0.2) is 97.3 Å². The maximum atomic E-state index is 12.2. The maximum Gasteiger partial charge on any atom is 0.254 e. The zero-order chi connectivity index (χ0) is 24.4. The van der Waals surface area contributed by atoms with Crippen molar-refractivity contribution < 1.29 is 13.2 Å². The third-order valence-electron chi connectivity index (χ3n) is 4.46. The van der Waals surface area contributed by atoms with E-state index in [-0.39, 0.29) is 5.91 Å². The average molecular weight is 476 g/mol. The number of hydrogen-bond donors (Lipinski definition) is 3. The summed E-state index contributed by atoms with van der Waals surface area (Å²) < 4.78 is 24.8. The third-order valence-corrected chi connectivity index (χ3v) is 5.06. The predicted octanol–water partition coefficient (Wildman–Crippen LogP) is 3.71. The molecule has 174 valence electrons. The van der Waals surface area contributed by atoms with Crippen LogP contribution in [0.2, 0.25) is 0 Å². The molecule has 0 fully saturated rings. The van der Waals surface area contributed by atoms with Crippen LogP contribution in [0.5, 0.6) is 0 Å². The van der Waals surface area contributed by atoms with Gasteiger partial charge >= 0.3 is 0 Å². The van der Waals surface area contributed by atoms with Crippen LogP contribution in [0.3, 0.4) is 0 Å². The van der Waals surface area contributed by atoms with Gasteiger partial charge in [-0.2, -0.15) is 0 Å². The highest BCUT2D eigenvalue weighted by Crippen LogP contribution is 2.14. The number of nitrogens with zero attached hydrogens (tertiary/aromatic N) is 2.